The molecule has 0 radical (unpaired) electrons. The summed E-state index contributed by atoms with van der Waals surface area (Å²) in [4.78, 5) is 9.99. The molecule has 1 N–H and O–H groups in total. The second kappa shape index (κ2) is 6.25. The van der Waals surface area contributed by atoms with Crippen LogP contribution in [-0.4, -0.2) is 13.3 Å². The quantitative estimate of drug-likeness (QED) is 0.677. The first-order chi connectivity index (χ1) is 10.3. The maximum absolute atomic E-state index is 12.2. The molecule has 0 saturated carbocycles. The van der Waals surface area contributed by atoms with Gasteiger partial charge in [-0.3, -0.25) is 10.1 Å². The van der Waals surface area contributed by atoms with Crippen LogP contribution in [0.2, 0.25) is 0 Å². The van der Waals surface area contributed by atoms with E-state index in [0.29, 0.717) is 0 Å². The molecule has 6 nitrogen and oxygen atoms in total. The summed E-state index contributed by atoms with van der Waals surface area (Å²) < 4.78 is 26.9. The molecule has 0 bridgehead atoms. The normalized spacial score (nSPS) is 11.4. The van der Waals surface area contributed by atoms with Crippen molar-refractivity contribution in [3.05, 3.63) is 69.3 Å². The molecule has 2 aromatic rings. The molecule has 0 heterocycles. The molecule has 0 fully saturated rings. The summed E-state index contributed by atoms with van der Waals surface area (Å²) in [5.41, 5.74) is 2.69. The third kappa shape index (κ3) is 3.69. The van der Waals surface area contributed by atoms with Crippen molar-refractivity contribution in [2.75, 3.05) is 0 Å². The Morgan fingerprint density at radius 2 is 1.86 bits per heavy atom. The fraction of sp³-hybridized carbons (Fsp3) is 0.200. The average Bonchev–Trinajstić information content (AvgIpc) is 2.46. The summed E-state index contributed by atoms with van der Waals surface area (Å²) in [6.07, 6.45) is 0. The highest BCUT2D eigenvalue weighted by molar-refractivity contribution is 7.89. The van der Waals surface area contributed by atoms with Crippen LogP contribution in [0.5, 0.6) is 0 Å². The molecule has 2 aromatic carbocycles. The number of nitro groups is 1. The third-order valence-electron chi connectivity index (χ3n) is 3.29. The zero-order chi connectivity index (χ0) is 16.3. The zero-order valence-electron chi connectivity index (χ0n) is 12.2. The third-order valence-corrected chi connectivity index (χ3v) is 4.69. The van der Waals surface area contributed by atoms with Crippen molar-refractivity contribution in [2.45, 2.75) is 25.3 Å². The number of aryl methyl sites for hydroxylation is 2. The van der Waals surface area contributed by atoms with E-state index in [-0.39, 0.29) is 17.1 Å². The molecule has 116 valence electrons. The second-order valence-corrected chi connectivity index (χ2v) is 6.78. The van der Waals surface area contributed by atoms with E-state index in [2.05, 4.69) is 4.72 Å². The number of non-ortho nitro benzene ring substituents is 1. The molecule has 0 unspecified atom stereocenters. The number of hydrogen-bond donors (Lipinski definition) is 1. The van der Waals surface area contributed by atoms with Crippen molar-refractivity contribution >= 4 is 15.7 Å². The Morgan fingerprint density at radius 1 is 1.14 bits per heavy atom. The molecular formula is C15H16N2O4S. The molecular weight excluding hydrogens is 304 g/mol. The van der Waals surface area contributed by atoms with Crippen LogP contribution in [0.15, 0.2) is 47.4 Å². The highest BCUT2D eigenvalue weighted by atomic mass is 32.2. The molecule has 0 aliphatic heterocycles. The van der Waals surface area contributed by atoms with E-state index in [1.54, 1.807) is 0 Å². The van der Waals surface area contributed by atoms with Crippen molar-refractivity contribution in [2.24, 2.45) is 0 Å². The predicted octanol–water partition coefficient (Wildman–Crippen LogP) is 2.69. The largest absolute Gasteiger partial charge is 0.270 e. The van der Waals surface area contributed by atoms with Crippen molar-refractivity contribution in [1.29, 1.82) is 0 Å². The summed E-state index contributed by atoms with van der Waals surface area (Å²) in [6, 6.07) is 10.7. The fourth-order valence-corrected chi connectivity index (χ4v) is 3.11. The number of nitrogens with zero attached hydrogens (tertiary/aromatic N) is 1. The number of sulfonamides is 1. The van der Waals surface area contributed by atoms with Gasteiger partial charge in [-0.15, -0.1) is 0 Å². The summed E-state index contributed by atoms with van der Waals surface area (Å²) in [5.74, 6) is 0. The van der Waals surface area contributed by atoms with Gasteiger partial charge in [0.15, 0.2) is 0 Å². The van der Waals surface area contributed by atoms with Gasteiger partial charge in [-0.05, 0) is 31.0 Å². The summed E-state index contributed by atoms with van der Waals surface area (Å²) >= 11 is 0. The summed E-state index contributed by atoms with van der Waals surface area (Å²) in [5, 5.41) is 10.7. The van der Waals surface area contributed by atoms with Gasteiger partial charge in [-0.1, -0.05) is 29.8 Å². The Labute approximate surface area is 129 Å². The summed E-state index contributed by atoms with van der Waals surface area (Å²) in [6.45, 7) is 4.01. The van der Waals surface area contributed by atoms with Crippen LogP contribution in [0.25, 0.3) is 0 Å². The van der Waals surface area contributed by atoms with Crippen molar-refractivity contribution in [1.82, 2.24) is 4.72 Å². The van der Waals surface area contributed by atoms with Gasteiger partial charge >= 0.3 is 0 Å². The van der Waals surface area contributed by atoms with Gasteiger partial charge in [0.25, 0.3) is 5.69 Å². The smallest absolute Gasteiger partial charge is 0.258 e. The molecule has 2 rings (SSSR count). The monoisotopic (exact) mass is 320 g/mol. The maximum atomic E-state index is 12.2. The minimum Gasteiger partial charge on any atom is -0.258 e. The zero-order valence-corrected chi connectivity index (χ0v) is 13.1. The molecule has 0 atom stereocenters. The van der Waals surface area contributed by atoms with Crippen LogP contribution in [-0.2, 0) is 16.6 Å². The summed E-state index contributed by atoms with van der Waals surface area (Å²) in [7, 11) is -3.80. The standard InChI is InChI=1S/C15H16N2O4S/c1-11-6-7-13(12(2)8-11)10-16-22(20,21)15-5-3-4-14(9-15)17(18)19/h3-9,16H,10H2,1-2H3. The van der Waals surface area contributed by atoms with Gasteiger partial charge in [0.2, 0.25) is 10.0 Å². The Morgan fingerprint density at radius 3 is 2.50 bits per heavy atom. The highest BCUT2D eigenvalue weighted by Gasteiger charge is 2.17. The van der Waals surface area contributed by atoms with Crippen molar-refractivity contribution in [3.8, 4) is 0 Å². The minimum absolute atomic E-state index is 0.119. The van der Waals surface area contributed by atoms with E-state index < -0.39 is 14.9 Å². The van der Waals surface area contributed by atoms with E-state index in [1.807, 2.05) is 32.0 Å². The SMILES string of the molecule is Cc1ccc(CNS(=O)(=O)c2cccc([N+](=O)[O-])c2)c(C)c1. The van der Waals surface area contributed by atoms with Crippen LogP contribution in [0.4, 0.5) is 5.69 Å². The molecule has 0 saturated heterocycles. The van der Waals surface area contributed by atoms with E-state index in [4.69, 9.17) is 0 Å². The Bertz CT molecular complexity index is 816. The lowest BCUT2D eigenvalue weighted by molar-refractivity contribution is -0.385. The van der Waals surface area contributed by atoms with Gasteiger partial charge < -0.3 is 0 Å². The van der Waals surface area contributed by atoms with Crippen LogP contribution in [0.1, 0.15) is 16.7 Å². The van der Waals surface area contributed by atoms with E-state index in [9.17, 15) is 18.5 Å². The number of nitrogens with one attached hydrogen (secondary N) is 1. The average molecular weight is 320 g/mol. The molecule has 0 aromatic heterocycles. The minimum atomic E-state index is -3.80. The number of nitro benzene ring substituents is 1. The number of benzene rings is 2. The molecule has 0 aliphatic rings. The van der Waals surface area contributed by atoms with Crippen molar-refractivity contribution in [3.63, 3.8) is 0 Å². The molecule has 0 amide bonds. The van der Waals surface area contributed by atoms with Crippen LogP contribution in [0.3, 0.4) is 0 Å². The van der Waals surface area contributed by atoms with Crippen LogP contribution < -0.4 is 4.72 Å². The van der Waals surface area contributed by atoms with Crippen molar-refractivity contribution < 1.29 is 13.3 Å². The topological polar surface area (TPSA) is 89.3 Å². The second-order valence-electron chi connectivity index (χ2n) is 5.01. The lowest BCUT2D eigenvalue weighted by Gasteiger charge is -2.09. The first-order valence-corrected chi connectivity index (χ1v) is 8.08. The first kappa shape index (κ1) is 16.1. The predicted molar refractivity (Wildman–Crippen MR) is 83.0 cm³/mol. The Kier molecular flexibility index (Phi) is 4.58. The maximum Gasteiger partial charge on any atom is 0.270 e. The Balaban J connectivity index is 2.21. The van der Waals surface area contributed by atoms with Gasteiger partial charge in [-0.25, -0.2) is 13.1 Å². The lowest BCUT2D eigenvalue weighted by Crippen LogP contribution is -2.23. The fourth-order valence-electron chi connectivity index (χ4n) is 2.06. The van der Waals surface area contributed by atoms with Crippen LogP contribution >= 0.6 is 0 Å². The Hall–Kier alpha value is -2.25. The molecule has 7 heteroatoms. The van der Waals surface area contributed by atoms with Gasteiger partial charge in [0.05, 0.1) is 9.82 Å². The van der Waals surface area contributed by atoms with E-state index in [0.717, 1.165) is 22.8 Å². The first-order valence-electron chi connectivity index (χ1n) is 6.60. The van der Waals surface area contributed by atoms with Gasteiger partial charge in [-0.2, -0.15) is 0 Å². The van der Waals surface area contributed by atoms with Crippen LogP contribution in [0, 0.1) is 24.0 Å². The van der Waals surface area contributed by atoms with Gasteiger partial charge in [0.1, 0.15) is 0 Å². The van der Waals surface area contributed by atoms with E-state index >= 15 is 0 Å². The number of rotatable bonds is 5. The molecule has 0 spiro atoms. The molecule has 22 heavy (non-hydrogen) atoms. The van der Waals surface area contributed by atoms with E-state index in [1.165, 1.54) is 18.2 Å². The molecule has 0 aliphatic carbocycles. The number of hydrogen-bond acceptors (Lipinski definition) is 4. The lowest BCUT2D eigenvalue weighted by atomic mass is 10.1. The van der Waals surface area contributed by atoms with Gasteiger partial charge in [0, 0.05) is 18.7 Å². The highest BCUT2D eigenvalue weighted by Crippen LogP contribution is 2.18.